The van der Waals surface area contributed by atoms with Gasteiger partial charge in [0, 0.05) is 30.1 Å². The third-order valence-electron chi connectivity index (χ3n) is 3.46. The van der Waals surface area contributed by atoms with Crippen molar-refractivity contribution < 1.29 is 9.77 Å². The van der Waals surface area contributed by atoms with Gasteiger partial charge in [-0.1, -0.05) is 35.5 Å². The Balaban J connectivity index is 1.79. The number of hydrogen-bond acceptors (Lipinski definition) is 3. The van der Waals surface area contributed by atoms with Gasteiger partial charge in [-0.15, -0.1) is 0 Å². The van der Waals surface area contributed by atoms with Crippen LogP contribution in [0.25, 0.3) is 11.1 Å². The van der Waals surface area contributed by atoms with Crippen LogP contribution < -0.4 is 4.57 Å². The van der Waals surface area contributed by atoms with Crippen molar-refractivity contribution in [1.29, 1.82) is 0 Å². The largest absolute Gasteiger partial charge is 0.410 e. The fraction of sp³-hybridized carbons (Fsp3) is 0.0556. The monoisotopic (exact) mass is 290 g/mol. The van der Waals surface area contributed by atoms with Crippen molar-refractivity contribution in [3.05, 3.63) is 84.9 Å². The fourth-order valence-electron chi connectivity index (χ4n) is 2.28. The van der Waals surface area contributed by atoms with Crippen molar-refractivity contribution in [2.45, 2.75) is 6.54 Å². The van der Waals surface area contributed by atoms with E-state index >= 15 is 0 Å². The Kier molecular flexibility index (Phi) is 4.20. The Bertz CT molecular complexity index is 753. The van der Waals surface area contributed by atoms with Crippen molar-refractivity contribution in [2.75, 3.05) is 0 Å². The molecule has 2 aromatic heterocycles. The summed E-state index contributed by atoms with van der Waals surface area (Å²) in [6.07, 6.45) is 7.51. The van der Waals surface area contributed by atoms with E-state index < -0.39 is 0 Å². The lowest BCUT2D eigenvalue weighted by Gasteiger charge is -2.03. The Labute approximate surface area is 129 Å². The molecule has 0 atom stereocenters. The number of pyridine rings is 2. The molecule has 2 heterocycles. The first-order valence-corrected chi connectivity index (χ1v) is 7.02. The molecular formula is C18H16N3O+. The molecule has 1 aromatic carbocycles. The zero-order chi connectivity index (χ0) is 15.2. The van der Waals surface area contributed by atoms with Gasteiger partial charge >= 0.3 is 0 Å². The van der Waals surface area contributed by atoms with Crippen LogP contribution in [0.15, 0.2) is 84.5 Å². The summed E-state index contributed by atoms with van der Waals surface area (Å²) in [5.41, 5.74) is 3.79. The maximum atomic E-state index is 9.24. The summed E-state index contributed by atoms with van der Waals surface area (Å²) in [5.74, 6) is 0. The molecule has 3 aromatic rings. The van der Waals surface area contributed by atoms with E-state index in [1.165, 1.54) is 0 Å². The molecule has 0 aliphatic carbocycles. The molecule has 0 fully saturated rings. The highest BCUT2D eigenvalue weighted by molar-refractivity contribution is 5.99. The second kappa shape index (κ2) is 6.63. The third kappa shape index (κ3) is 3.17. The van der Waals surface area contributed by atoms with Crippen LogP contribution in [-0.2, 0) is 6.54 Å². The third-order valence-corrected chi connectivity index (χ3v) is 3.46. The Morgan fingerprint density at radius 2 is 1.55 bits per heavy atom. The quantitative estimate of drug-likeness (QED) is 0.347. The minimum Gasteiger partial charge on any atom is -0.410 e. The van der Waals surface area contributed by atoms with Crippen LogP contribution in [0.5, 0.6) is 0 Å². The molecule has 0 bridgehead atoms. The number of rotatable bonds is 4. The minimum absolute atomic E-state index is 0.511. The Morgan fingerprint density at radius 3 is 2.18 bits per heavy atom. The predicted octanol–water partition coefficient (Wildman–Crippen LogP) is 2.91. The molecule has 0 radical (unpaired) electrons. The Morgan fingerprint density at radius 1 is 0.909 bits per heavy atom. The van der Waals surface area contributed by atoms with E-state index in [4.69, 9.17) is 0 Å². The van der Waals surface area contributed by atoms with Gasteiger partial charge in [-0.05, 0) is 23.3 Å². The van der Waals surface area contributed by atoms with Gasteiger partial charge in [-0.3, -0.25) is 4.98 Å². The van der Waals surface area contributed by atoms with Crippen LogP contribution in [0.3, 0.4) is 0 Å². The summed E-state index contributed by atoms with van der Waals surface area (Å²) in [6.45, 7) is 0.511. The van der Waals surface area contributed by atoms with E-state index in [0.29, 0.717) is 12.3 Å². The second-order valence-electron chi connectivity index (χ2n) is 4.91. The van der Waals surface area contributed by atoms with Crippen molar-refractivity contribution in [1.82, 2.24) is 4.98 Å². The van der Waals surface area contributed by atoms with E-state index in [1.54, 1.807) is 12.4 Å². The number of benzene rings is 1. The van der Waals surface area contributed by atoms with E-state index in [0.717, 1.165) is 16.7 Å². The van der Waals surface area contributed by atoms with Crippen LogP contribution >= 0.6 is 0 Å². The highest BCUT2D eigenvalue weighted by Crippen LogP contribution is 2.15. The standard InChI is InChI=1S/C18H15N3O/c22-20-18(17-4-2-1-3-5-17)14-21-12-8-16(9-13-21)15-6-10-19-11-7-15/h1-13H,14H2/p+1. The molecule has 22 heavy (non-hydrogen) atoms. The molecular weight excluding hydrogens is 274 g/mol. The van der Waals surface area contributed by atoms with Gasteiger partial charge in [0.25, 0.3) is 0 Å². The highest BCUT2D eigenvalue weighted by Gasteiger charge is 2.10. The minimum atomic E-state index is 0.511. The zero-order valence-corrected chi connectivity index (χ0v) is 12.0. The molecule has 0 unspecified atom stereocenters. The summed E-state index contributed by atoms with van der Waals surface area (Å²) in [7, 11) is 0. The number of oxime groups is 1. The summed E-state index contributed by atoms with van der Waals surface area (Å²) >= 11 is 0. The highest BCUT2D eigenvalue weighted by atomic mass is 16.4. The first-order chi connectivity index (χ1) is 10.9. The van der Waals surface area contributed by atoms with Gasteiger partial charge in [-0.25, -0.2) is 0 Å². The molecule has 4 nitrogen and oxygen atoms in total. The normalized spacial score (nSPS) is 11.4. The van der Waals surface area contributed by atoms with Gasteiger partial charge in [-0.2, -0.15) is 4.57 Å². The van der Waals surface area contributed by atoms with Crippen LogP contribution in [0.2, 0.25) is 0 Å². The first kappa shape index (κ1) is 13.9. The molecule has 3 rings (SSSR count). The van der Waals surface area contributed by atoms with Gasteiger partial charge in [0.15, 0.2) is 24.7 Å². The van der Waals surface area contributed by atoms with Gasteiger partial charge in [0.2, 0.25) is 0 Å². The van der Waals surface area contributed by atoms with Crippen LogP contribution in [0.1, 0.15) is 5.56 Å². The molecule has 0 aliphatic heterocycles. The molecule has 0 aliphatic rings. The van der Waals surface area contributed by atoms with Gasteiger partial charge in [0.1, 0.15) is 0 Å². The lowest BCUT2D eigenvalue weighted by atomic mass is 10.1. The van der Waals surface area contributed by atoms with Crippen molar-refractivity contribution in [2.24, 2.45) is 5.16 Å². The molecule has 1 N–H and O–H groups in total. The van der Waals surface area contributed by atoms with Crippen molar-refractivity contribution in [3.63, 3.8) is 0 Å². The number of aromatic nitrogens is 2. The zero-order valence-electron chi connectivity index (χ0n) is 12.0. The smallest absolute Gasteiger partial charge is 0.194 e. The molecule has 0 spiro atoms. The lowest BCUT2D eigenvalue weighted by molar-refractivity contribution is -0.681. The average Bonchev–Trinajstić information content (AvgIpc) is 2.62. The number of hydrogen-bond donors (Lipinski definition) is 1. The van der Waals surface area contributed by atoms with E-state index in [9.17, 15) is 5.21 Å². The first-order valence-electron chi connectivity index (χ1n) is 7.02. The second-order valence-corrected chi connectivity index (χ2v) is 4.91. The predicted molar refractivity (Wildman–Crippen MR) is 84.6 cm³/mol. The number of nitrogens with zero attached hydrogens (tertiary/aromatic N) is 3. The van der Waals surface area contributed by atoms with E-state index in [2.05, 4.69) is 10.1 Å². The molecule has 108 valence electrons. The Hall–Kier alpha value is -3.01. The lowest BCUT2D eigenvalue weighted by Crippen LogP contribution is -2.37. The van der Waals surface area contributed by atoms with Crippen LogP contribution in [0, 0.1) is 0 Å². The topological polar surface area (TPSA) is 49.4 Å². The van der Waals surface area contributed by atoms with E-state index in [1.807, 2.05) is 71.6 Å². The maximum Gasteiger partial charge on any atom is 0.194 e. The van der Waals surface area contributed by atoms with Crippen LogP contribution in [0.4, 0.5) is 0 Å². The molecule has 0 saturated heterocycles. The average molecular weight is 290 g/mol. The van der Waals surface area contributed by atoms with Gasteiger partial charge in [0.05, 0.1) is 0 Å². The molecule has 4 heteroatoms. The van der Waals surface area contributed by atoms with Crippen LogP contribution in [-0.4, -0.2) is 15.9 Å². The fourth-order valence-corrected chi connectivity index (χ4v) is 2.28. The summed E-state index contributed by atoms with van der Waals surface area (Å²) < 4.78 is 1.98. The van der Waals surface area contributed by atoms with Crippen molar-refractivity contribution >= 4 is 5.71 Å². The summed E-state index contributed by atoms with van der Waals surface area (Å²) in [4.78, 5) is 4.02. The van der Waals surface area contributed by atoms with E-state index in [-0.39, 0.29) is 0 Å². The SMILES string of the molecule is ON=C(C[n+]1ccc(-c2ccncc2)cc1)c1ccccc1. The molecule has 0 saturated carbocycles. The summed E-state index contributed by atoms with van der Waals surface area (Å²) in [5, 5.41) is 12.7. The maximum absolute atomic E-state index is 9.24. The molecule has 0 amide bonds. The van der Waals surface area contributed by atoms with Crippen molar-refractivity contribution in [3.8, 4) is 11.1 Å². The van der Waals surface area contributed by atoms with Gasteiger partial charge < -0.3 is 5.21 Å². The summed E-state index contributed by atoms with van der Waals surface area (Å²) in [6, 6.07) is 17.7.